The number of nitrogens with zero attached hydrogens (tertiary/aromatic N) is 14. The molecule has 5 amide bonds. The van der Waals surface area contributed by atoms with Gasteiger partial charge in [-0.2, -0.15) is 0 Å². The minimum atomic E-state index is -1.34. The van der Waals surface area contributed by atoms with Crippen LogP contribution in [0.5, 0.6) is 23.0 Å². The molecule has 108 heavy (non-hydrogen) atoms. The van der Waals surface area contributed by atoms with E-state index in [0.717, 1.165) is 11.1 Å². The highest BCUT2D eigenvalue weighted by Crippen LogP contribution is 2.40. The van der Waals surface area contributed by atoms with Gasteiger partial charge in [-0.3, -0.25) is 81.7 Å². The number of phenolic OH excluding ortho intramolecular Hbond substituents is 4. The summed E-state index contributed by atoms with van der Waals surface area (Å²) in [7, 11) is 0. The van der Waals surface area contributed by atoms with Gasteiger partial charge in [-0.1, -0.05) is 52.0 Å². The first-order valence-electron chi connectivity index (χ1n) is 36.5. The minimum Gasteiger partial charge on any atom is -0.508 e. The number of benzene rings is 4. The lowest BCUT2D eigenvalue weighted by atomic mass is 9.98. The number of carbonyl (C=O) groups excluding carboxylic acids is 5. The third kappa shape index (κ3) is 21.4. The third-order valence-corrected chi connectivity index (χ3v) is 19.6. The normalized spacial score (nSPS) is 16.3. The maximum atomic E-state index is 14.9. The predicted octanol–water partition coefficient (Wildman–Crippen LogP) is 2.71. The first-order valence-corrected chi connectivity index (χ1v) is 36.5. The highest BCUT2D eigenvalue weighted by Gasteiger charge is 2.35. The van der Waals surface area contributed by atoms with E-state index in [-0.39, 0.29) is 166 Å². The Bertz CT molecular complexity index is 4140. The van der Waals surface area contributed by atoms with Crippen molar-refractivity contribution in [3.8, 4) is 57.1 Å². The van der Waals surface area contributed by atoms with Crippen LogP contribution in [0.3, 0.4) is 0 Å². The van der Waals surface area contributed by atoms with Crippen LogP contribution in [0.15, 0.2) is 72.8 Å². The summed E-state index contributed by atoms with van der Waals surface area (Å²) in [5, 5.41) is 109. The van der Waals surface area contributed by atoms with Crippen LogP contribution in [0.1, 0.15) is 123 Å². The van der Waals surface area contributed by atoms with Gasteiger partial charge in [0.1, 0.15) is 35.1 Å². The summed E-state index contributed by atoms with van der Waals surface area (Å²) < 4.78 is 3.09. The molecular formula is C74H99N17O17. The number of amides is 5. The maximum absolute atomic E-state index is 14.9. The Morgan fingerprint density at radius 1 is 0.444 bits per heavy atom. The predicted molar refractivity (Wildman–Crippen MR) is 394 cm³/mol. The van der Waals surface area contributed by atoms with Gasteiger partial charge >= 0.3 is 23.9 Å². The fourth-order valence-electron chi connectivity index (χ4n) is 13.8. The number of carbonyl (C=O) groups is 9. The molecule has 0 aliphatic carbocycles. The van der Waals surface area contributed by atoms with Gasteiger partial charge in [0.05, 0.1) is 30.8 Å². The number of rotatable bonds is 30. The summed E-state index contributed by atoms with van der Waals surface area (Å²) in [6.07, 6.45) is -0.892. The average molecular weight is 1500 g/mol. The maximum Gasteiger partial charge on any atom is 0.320 e. The third-order valence-electron chi connectivity index (χ3n) is 19.6. The smallest absolute Gasteiger partial charge is 0.320 e. The number of aliphatic carboxylic acids is 4. The van der Waals surface area contributed by atoms with Gasteiger partial charge in [0.25, 0.3) is 11.8 Å². The standard InChI is InChI=1S/C74H99N17O17/c1-7-75-71(104)69-80-78-67(54-37-52(46(3)4)58(92)39-60(54)94)90(69)50-13-9-48(10-14-50)41-82-27-33-88(34-28-82)63(97)20-17-56(77-62(96)19-18-57(74(107)108)87-31-25-85(44-65(100)101)23-21-84(43-64(98)99)22-24-86(26-32-87)45-66(102)103)73(106)89-35-29-83(30-36-89)42-49-11-15-51(16-12-49)91-68(79-81-70(91)72(105)76-8-2)55-38-53(47(5)6)59(93)40-61(55)95/h9-16,37-40,46-47,56-57,92-95H,7-8,17-36,41-45H2,1-6H3,(H,75,104)(H,76,105)(H,77,96)(H,98,99)(H,100,101)(H,102,103)(H,107,108)/t56-,57+/m0/s1. The van der Waals surface area contributed by atoms with Crippen LogP contribution in [0.4, 0.5) is 0 Å². The Balaban J connectivity index is 0.880. The van der Waals surface area contributed by atoms with E-state index < -0.39 is 79.1 Å². The Morgan fingerprint density at radius 3 is 1.19 bits per heavy atom. The van der Waals surface area contributed by atoms with Crippen molar-refractivity contribution < 1.29 is 84.0 Å². The molecule has 0 saturated carbocycles. The van der Waals surface area contributed by atoms with Crippen LogP contribution >= 0.6 is 0 Å². The number of carboxylic acid groups (broad SMARTS) is 4. The molecule has 4 aromatic carbocycles. The molecule has 3 fully saturated rings. The van der Waals surface area contributed by atoms with E-state index in [1.165, 1.54) is 16.7 Å². The Labute approximate surface area is 625 Å². The Hall–Kier alpha value is -10.7. The van der Waals surface area contributed by atoms with Crippen LogP contribution in [-0.2, 0) is 46.7 Å². The van der Waals surface area contributed by atoms with Crippen molar-refractivity contribution >= 4 is 53.4 Å². The molecule has 6 aromatic rings. The van der Waals surface area contributed by atoms with Gasteiger partial charge < -0.3 is 66.6 Å². The van der Waals surface area contributed by atoms with Crippen molar-refractivity contribution in [3.63, 3.8) is 0 Å². The zero-order chi connectivity index (χ0) is 78.0. The lowest BCUT2D eigenvalue weighted by molar-refractivity contribution is -0.145. The highest BCUT2D eigenvalue weighted by molar-refractivity contribution is 5.93. The molecule has 2 atom stereocenters. The molecule has 34 nitrogen and oxygen atoms in total. The zero-order valence-corrected chi connectivity index (χ0v) is 61.8. The second kappa shape index (κ2) is 37.7. The second-order valence-electron chi connectivity index (χ2n) is 27.9. The van der Waals surface area contributed by atoms with Crippen LogP contribution in [0.2, 0.25) is 0 Å². The van der Waals surface area contributed by atoms with Crippen molar-refractivity contribution in [2.45, 2.75) is 104 Å². The number of piperazine rings is 2. The van der Waals surface area contributed by atoms with Crippen molar-refractivity contribution in [1.29, 1.82) is 0 Å². The molecule has 3 saturated heterocycles. The van der Waals surface area contributed by atoms with Gasteiger partial charge in [-0.15, -0.1) is 20.4 Å². The summed E-state index contributed by atoms with van der Waals surface area (Å²) in [6.45, 7) is 14.9. The average Bonchev–Trinajstić information content (AvgIpc) is 1.50. The van der Waals surface area contributed by atoms with E-state index in [9.17, 15) is 84.0 Å². The summed E-state index contributed by atoms with van der Waals surface area (Å²) in [5.74, 6) is -7.65. The van der Waals surface area contributed by atoms with Gasteiger partial charge in [0, 0.05) is 167 Å². The van der Waals surface area contributed by atoms with Crippen molar-refractivity contribution in [1.82, 2.24) is 84.7 Å². The molecule has 5 heterocycles. The lowest BCUT2D eigenvalue weighted by Crippen LogP contribution is -2.55. The van der Waals surface area contributed by atoms with E-state index in [0.29, 0.717) is 87.9 Å². The van der Waals surface area contributed by atoms with Crippen molar-refractivity contribution in [3.05, 3.63) is 107 Å². The fraction of sp³-hybridized carbons (Fsp3) is 0.500. The second-order valence-corrected chi connectivity index (χ2v) is 27.9. The number of aromatic hydroxyl groups is 4. The molecule has 0 radical (unpaired) electrons. The molecule has 0 unspecified atom stereocenters. The molecule has 2 aromatic heterocycles. The van der Waals surface area contributed by atoms with Gasteiger partial charge in [0.15, 0.2) is 11.6 Å². The quantitative estimate of drug-likeness (QED) is 0.0309. The number of hydrogen-bond donors (Lipinski definition) is 11. The van der Waals surface area contributed by atoms with Gasteiger partial charge in [-0.05, 0) is 97.2 Å². The van der Waals surface area contributed by atoms with Crippen molar-refractivity contribution in [2.24, 2.45) is 0 Å². The number of phenols is 4. The molecule has 9 rings (SSSR count). The molecule has 34 heteroatoms. The van der Waals surface area contributed by atoms with Gasteiger partial charge in [0.2, 0.25) is 29.4 Å². The van der Waals surface area contributed by atoms with Crippen LogP contribution in [0.25, 0.3) is 34.2 Å². The SMILES string of the molecule is CCNC(=O)c1nnc(-c2cc(C(C)C)c(O)cc2O)n1-c1ccc(CN2CCN(C(=O)CC[C@H](NC(=O)CC[C@H](C(=O)O)N3CCN(CC(=O)O)CCN(CC(=O)O)CCN(CC(=O)O)CC3)C(=O)N3CCN(Cc4ccc(-n5c(C(=O)NCC)nnc5-c5cc(C(C)C)c(O)cc5O)cc4)CC3)CC2)cc1. The number of hydrogen-bond acceptors (Lipinski definition) is 23. The lowest BCUT2D eigenvalue weighted by Gasteiger charge is -2.37. The van der Waals surface area contributed by atoms with Gasteiger partial charge in [-0.25, -0.2) is 0 Å². The largest absolute Gasteiger partial charge is 0.508 e. The fourth-order valence-corrected chi connectivity index (χ4v) is 13.8. The zero-order valence-electron chi connectivity index (χ0n) is 61.8. The summed E-state index contributed by atoms with van der Waals surface area (Å²) in [6, 6.07) is 18.0. The van der Waals surface area contributed by atoms with E-state index in [1.54, 1.807) is 72.1 Å². The van der Waals surface area contributed by atoms with Crippen LogP contribution in [0, 0.1) is 0 Å². The molecular weight excluding hydrogens is 1400 g/mol. The molecule has 582 valence electrons. The molecule has 0 bridgehead atoms. The summed E-state index contributed by atoms with van der Waals surface area (Å²) >= 11 is 0. The summed E-state index contributed by atoms with van der Waals surface area (Å²) in [4.78, 5) is 133. The monoisotopic (exact) mass is 1500 g/mol. The minimum absolute atomic E-state index is 0.0107. The molecule has 3 aliphatic rings. The van der Waals surface area contributed by atoms with E-state index in [2.05, 4.69) is 46.1 Å². The topological polar surface area (TPSA) is 439 Å². The van der Waals surface area contributed by atoms with Crippen LogP contribution in [-0.4, -0.2) is 313 Å². The number of aromatic nitrogens is 6. The van der Waals surface area contributed by atoms with E-state index in [4.69, 9.17) is 0 Å². The van der Waals surface area contributed by atoms with Crippen molar-refractivity contribution in [2.75, 3.05) is 137 Å². The Morgan fingerprint density at radius 2 is 0.824 bits per heavy atom. The summed E-state index contributed by atoms with van der Waals surface area (Å²) in [5.41, 5.74) is 4.51. The van der Waals surface area contributed by atoms with E-state index in [1.807, 2.05) is 64.1 Å². The highest BCUT2D eigenvalue weighted by atomic mass is 16.4. The van der Waals surface area contributed by atoms with E-state index >= 15 is 0 Å². The molecule has 3 aliphatic heterocycles. The molecule has 0 spiro atoms. The first-order chi connectivity index (χ1) is 51.6. The number of carboxylic acids is 4. The number of nitrogens with one attached hydrogen (secondary N) is 3. The Kier molecular flexibility index (Phi) is 28.5. The van der Waals surface area contributed by atoms with Crippen LogP contribution < -0.4 is 16.0 Å². The molecule has 11 N–H and O–H groups in total. The first kappa shape index (κ1) is 81.4.